The summed E-state index contributed by atoms with van der Waals surface area (Å²) in [5.74, 6) is -0.367. The summed E-state index contributed by atoms with van der Waals surface area (Å²) in [7, 11) is 0. The number of rotatable bonds is 4. The van der Waals surface area contributed by atoms with E-state index in [1.165, 1.54) is 37.8 Å². The molecule has 20 heavy (non-hydrogen) atoms. The fraction of sp³-hybridized carbons (Fsp3) is 0.562. The van der Waals surface area contributed by atoms with E-state index in [4.69, 9.17) is 0 Å². The van der Waals surface area contributed by atoms with Crippen molar-refractivity contribution < 1.29 is 9.18 Å². The van der Waals surface area contributed by atoms with Crippen LogP contribution in [-0.4, -0.2) is 18.0 Å². The van der Waals surface area contributed by atoms with Crippen molar-refractivity contribution in [1.29, 1.82) is 0 Å². The Balaban J connectivity index is 1.83. The van der Waals surface area contributed by atoms with E-state index in [9.17, 15) is 9.18 Å². The first-order chi connectivity index (χ1) is 9.65. The zero-order valence-corrected chi connectivity index (χ0v) is 12.0. The van der Waals surface area contributed by atoms with Crippen molar-refractivity contribution in [2.75, 3.05) is 5.32 Å². The van der Waals surface area contributed by atoms with Crippen molar-refractivity contribution in [2.45, 2.75) is 57.5 Å². The molecule has 1 fully saturated rings. The molecule has 1 aromatic rings. The molecule has 0 aliphatic heterocycles. The molecule has 0 saturated heterocycles. The minimum absolute atomic E-state index is 0.0687. The Hall–Kier alpha value is -1.42. The highest BCUT2D eigenvalue weighted by Gasteiger charge is 2.19. The van der Waals surface area contributed by atoms with E-state index in [2.05, 4.69) is 10.6 Å². The summed E-state index contributed by atoms with van der Waals surface area (Å²) in [5, 5.41) is 6.21. The van der Waals surface area contributed by atoms with E-state index in [0.29, 0.717) is 11.7 Å². The summed E-state index contributed by atoms with van der Waals surface area (Å²) in [6, 6.07) is 6.05. The van der Waals surface area contributed by atoms with Gasteiger partial charge in [-0.05, 0) is 44.0 Å². The zero-order chi connectivity index (χ0) is 14.4. The van der Waals surface area contributed by atoms with Crippen LogP contribution in [0.4, 0.5) is 10.1 Å². The third-order valence-electron chi connectivity index (χ3n) is 3.85. The second-order valence-electron chi connectivity index (χ2n) is 5.57. The summed E-state index contributed by atoms with van der Waals surface area (Å²) < 4.78 is 12.8. The molecule has 2 rings (SSSR count). The van der Waals surface area contributed by atoms with Gasteiger partial charge < -0.3 is 10.6 Å². The molecule has 1 aliphatic carbocycles. The smallest absolute Gasteiger partial charge is 0.241 e. The van der Waals surface area contributed by atoms with Crippen LogP contribution >= 0.6 is 0 Å². The Morgan fingerprint density at radius 3 is 2.35 bits per heavy atom. The molecular formula is C16H23FN2O. The van der Waals surface area contributed by atoms with E-state index in [1.807, 2.05) is 6.92 Å². The summed E-state index contributed by atoms with van der Waals surface area (Å²) >= 11 is 0. The number of amides is 1. The zero-order valence-electron chi connectivity index (χ0n) is 12.0. The molecule has 1 aromatic carbocycles. The first-order valence-corrected chi connectivity index (χ1v) is 7.47. The molecule has 1 saturated carbocycles. The Labute approximate surface area is 120 Å². The van der Waals surface area contributed by atoms with E-state index in [-0.39, 0.29) is 17.8 Å². The molecule has 1 amide bonds. The fourth-order valence-corrected chi connectivity index (χ4v) is 2.66. The lowest BCUT2D eigenvalue weighted by Crippen LogP contribution is -2.43. The minimum Gasteiger partial charge on any atom is -0.325 e. The van der Waals surface area contributed by atoms with Crippen molar-refractivity contribution in [3.8, 4) is 0 Å². The Bertz CT molecular complexity index is 425. The number of hydrogen-bond acceptors (Lipinski definition) is 2. The lowest BCUT2D eigenvalue weighted by molar-refractivity contribution is -0.118. The second-order valence-corrected chi connectivity index (χ2v) is 5.57. The largest absolute Gasteiger partial charge is 0.325 e. The minimum atomic E-state index is -0.298. The maximum atomic E-state index is 12.8. The summed E-state index contributed by atoms with van der Waals surface area (Å²) in [6.07, 6.45) is 7.37. The van der Waals surface area contributed by atoms with Crippen LogP contribution < -0.4 is 10.6 Å². The average molecular weight is 278 g/mol. The van der Waals surface area contributed by atoms with Crippen molar-refractivity contribution >= 4 is 11.6 Å². The number of benzene rings is 1. The molecule has 0 heterocycles. The predicted octanol–water partition coefficient (Wildman–Crippen LogP) is 3.47. The van der Waals surface area contributed by atoms with E-state index in [0.717, 1.165) is 12.8 Å². The van der Waals surface area contributed by atoms with Crippen LogP contribution in [0.3, 0.4) is 0 Å². The van der Waals surface area contributed by atoms with Gasteiger partial charge in [-0.15, -0.1) is 0 Å². The maximum Gasteiger partial charge on any atom is 0.241 e. The van der Waals surface area contributed by atoms with Gasteiger partial charge in [-0.3, -0.25) is 4.79 Å². The third-order valence-corrected chi connectivity index (χ3v) is 3.85. The van der Waals surface area contributed by atoms with Crippen molar-refractivity contribution in [1.82, 2.24) is 5.32 Å². The van der Waals surface area contributed by atoms with Gasteiger partial charge in [0.25, 0.3) is 0 Å². The Morgan fingerprint density at radius 2 is 1.75 bits per heavy atom. The Morgan fingerprint density at radius 1 is 1.15 bits per heavy atom. The van der Waals surface area contributed by atoms with Gasteiger partial charge in [-0.25, -0.2) is 4.39 Å². The van der Waals surface area contributed by atoms with E-state index >= 15 is 0 Å². The highest BCUT2D eigenvalue weighted by atomic mass is 19.1. The highest BCUT2D eigenvalue weighted by molar-refractivity contribution is 5.94. The molecule has 2 N–H and O–H groups in total. The number of nitrogens with one attached hydrogen (secondary N) is 2. The van der Waals surface area contributed by atoms with Gasteiger partial charge in [-0.2, -0.15) is 0 Å². The molecule has 1 aliphatic rings. The molecule has 0 radical (unpaired) electrons. The fourth-order valence-electron chi connectivity index (χ4n) is 2.66. The monoisotopic (exact) mass is 278 g/mol. The SMILES string of the molecule is C[C@@H](NC1CCCCCC1)C(=O)Nc1ccc(F)cc1. The molecule has 3 nitrogen and oxygen atoms in total. The van der Waals surface area contributed by atoms with Crippen LogP contribution in [0.2, 0.25) is 0 Å². The van der Waals surface area contributed by atoms with E-state index in [1.54, 1.807) is 12.1 Å². The molecule has 0 aromatic heterocycles. The number of carbonyl (C=O) groups is 1. The topological polar surface area (TPSA) is 41.1 Å². The van der Waals surface area contributed by atoms with Gasteiger partial charge >= 0.3 is 0 Å². The van der Waals surface area contributed by atoms with Crippen LogP contribution in [-0.2, 0) is 4.79 Å². The molecule has 110 valence electrons. The molecular weight excluding hydrogens is 255 g/mol. The normalized spacial score (nSPS) is 18.3. The summed E-state index contributed by atoms with van der Waals surface area (Å²) in [5.41, 5.74) is 0.630. The molecule has 1 atom stereocenters. The molecule has 4 heteroatoms. The molecule has 0 spiro atoms. The first-order valence-electron chi connectivity index (χ1n) is 7.47. The summed E-state index contributed by atoms with van der Waals surface area (Å²) in [4.78, 5) is 12.1. The van der Waals surface area contributed by atoms with Gasteiger partial charge in [-0.1, -0.05) is 25.7 Å². The second kappa shape index (κ2) is 7.39. The Kier molecular flexibility index (Phi) is 5.53. The first kappa shape index (κ1) is 15.0. The lowest BCUT2D eigenvalue weighted by Gasteiger charge is -2.21. The number of carbonyl (C=O) groups excluding carboxylic acids is 1. The van der Waals surface area contributed by atoms with Crippen molar-refractivity contribution in [3.05, 3.63) is 30.1 Å². The van der Waals surface area contributed by atoms with Gasteiger partial charge in [0.15, 0.2) is 0 Å². The molecule has 0 unspecified atom stereocenters. The van der Waals surface area contributed by atoms with Crippen LogP contribution in [0.25, 0.3) is 0 Å². The molecule has 0 bridgehead atoms. The van der Waals surface area contributed by atoms with Gasteiger partial charge in [0.2, 0.25) is 5.91 Å². The van der Waals surface area contributed by atoms with Crippen LogP contribution in [0.15, 0.2) is 24.3 Å². The maximum absolute atomic E-state index is 12.8. The van der Waals surface area contributed by atoms with Gasteiger partial charge in [0.1, 0.15) is 5.82 Å². The number of hydrogen-bond donors (Lipinski definition) is 2. The van der Waals surface area contributed by atoms with Crippen LogP contribution in [0.1, 0.15) is 45.4 Å². The standard InChI is InChI=1S/C16H23FN2O/c1-12(18-14-6-4-2-3-5-7-14)16(20)19-15-10-8-13(17)9-11-15/h8-12,14,18H,2-7H2,1H3,(H,19,20)/t12-/m1/s1. The van der Waals surface area contributed by atoms with Gasteiger partial charge in [0, 0.05) is 11.7 Å². The average Bonchev–Trinajstić information content (AvgIpc) is 2.70. The van der Waals surface area contributed by atoms with Gasteiger partial charge in [0.05, 0.1) is 6.04 Å². The highest BCUT2D eigenvalue weighted by Crippen LogP contribution is 2.18. The quantitative estimate of drug-likeness (QED) is 0.828. The predicted molar refractivity (Wildman–Crippen MR) is 79.1 cm³/mol. The van der Waals surface area contributed by atoms with Crippen LogP contribution in [0, 0.1) is 5.82 Å². The van der Waals surface area contributed by atoms with E-state index < -0.39 is 0 Å². The van der Waals surface area contributed by atoms with Crippen molar-refractivity contribution in [2.24, 2.45) is 0 Å². The third kappa shape index (κ3) is 4.60. The lowest BCUT2D eigenvalue weighted by atomic mass is 10.1. The number of halogens is 1. The van der Waals surface area contributed by atoms with Crippen LogP contribution in [0.5, 0.6) is 0 Å². The van der Waals surface area contributed by atoms with Crippen molar-refractivity contribution in [3.63, 3.8) is 0 Å². The number of anilines is 1. The summed E-state index contributed by atoms with van der Waals surface area (Å²) in [6.45, 7) is 1.88.